The van der Waals surface area contributed by atoms with Gasteiger partial charge in [-0.05, 0) is 24.6 Å². The van der Waals surface area contributed by atoms with Crippen molar-refractivity contribution in [3.63, 3.8) is 0 Å². The molecule has 0 radical (unpaired) electrons. The minimum atomic E-state index is 0.756. The van der Waals surface area contributed by atoms with Crippen molar-refractivity contribution >= 4 is 11.5 Å². The van der Waals surface area contributed by atoms with Crippen molar-refractivity contribution in [1.82, 2.24) is 14.8 Å². The minimum absolute atomic E-state index is 0.756. The van der Waals surface area contributed by atoms with Gasteiger partial charge >= 0.3 is 0 Å². The highest BCUT2D eigenvalue weighted by atomic mass is 15.3. The van der Waals surface area contributed by atoms with E-state index >= 15 is 0 Å². The van der Waals surface area contributed by atoms with Gasteiger partial charge in [0.15, 0.2) is 5.82 Å². The zero-order chi connectivity index (χ0) is 13.7. The van der Waals surface area contributed by atoms with Gasteiger partial charge in [0, 0.05) is 33.0 Å². The van der Waals surface area contributed by atoms with Crippen LogP contribution in [0.3, 0.4) is 0 Å². The van der Waals surface area contributed by atoms with Crippen molar-refractivity contribution in [2.45, 2.75) is 26.4 Å². The number of nitrogens with zero attached hydrogens (tertiary/aromatic N) is 4. The second-order valence-corrected chi connectivity index (χ2v) is 4.67. The predicted molar refractivity (Wildman–Crippen MR) is 78.4 cm³/mol. The second-order valence-electron chi connectivity index (χ2n) is 4.67. The average Bonchev–Trinajstić information content (AvgIpc) is 2.84. The Labute approximate surface area is 114 Å². The van der Waals surface area contributed by atoms with E-state index in [0.717, 1.165) is 31.0 Å². The lowest BCUT2D eigenvalue weighted by atomic mass is 10.3. The molecule has 0 aliphatic heterocycles. The molecule has 5 nitrogen and oxygen atoms in total. The molecule has 2 aromatic rings. The fourth-order valence-electron chi connectivity index (χ4n) is 2.00. The van der Waals surface area contributed by atoms with Gasteiger partial charge in [0.2, 0.25) is 0 Å². The Kier molecular flexibility index (Phi) is 4.39. The van der Waals surface area contributed by atoms with Crippen molar-refractivity contribution in [2.24, 2.45) is 0 Å². The second kappa shape index (κ2) is 6.22. The summed E-state index contributed by atoms with van der Waals surface area (Å²) in [4.78, 5) is 6.38. The quantitative estimate of drug-likeness (QED) is 0.865. The average molecular weight is 259 g/mol. The first-order valence-electron chi connectivity index (χ1n) is 6.59. The van der Waals surface area contributed by atoms with E-state index in [1.54, 1.807) is 0 Å². The van der Waals surface area contributed by atoms with E-state index in [1.807, 2.05) is 54.3 Å². The SMILES string of the molecule is CCCn1nccc1CNc1cccnc1N(C)C. The van der Waals surface area contributed by atoms with Gasteiger partial charge in [-0.3, -0.25) is 4.68 Å². The summed E-state index contributed by atoms with van der Waals surface area (Å²) < 4.78 is 2.04. The largest absolute Gasteiger partial charge is 0.376 e. The molecule has 0 aromatic carbocycles. The Morgan fingerprint density at radius 1 is 1.26 bits per heavy atom. The topological polar surface area (TPSA) is 46.0 Å². The molecule has 0 atom stereocenters. The highest BCUT2D eigenvalue weighted by molar-refractivity contribution is 5.64. The van der Waals surface area contributed by atoms with E-state index in [4.69, 9.17) is 0 Å². The van der Waals surface area contributed by atoms with Crippen LogP contribution in [-0.4, -0.2) is 28.9 Å². The summed E-state index contributed by atoms with van der Waals surface area (Å²) in [7, 11) is 3.99. The smallest absolute Gasteiger partial charge is 0.151 e. The third-order valence-corrected chi connectivity index (χ3v) is 2.91. The molecule has 2 rings (SSSR count). The van der Waals surface area contributed by atoms with Gasteiger partial charge < -0.3 is 10.2 Å². The number of pyridine rings is 1. The first kappa shape index (κ1) is 13.4. The van der Waals surface area contributed by atoms with E-state index in [0.29, 0.717) is 0 Å². The van der Waals surface area contributed by atoms with Crippen molar-refractivity contribution in [1.29, 1.82) is 0 Å². The van der Waals surface area contributed by atoms with E-state index in [-0.39, 0.29) is 0 Å². The van der Waals surface area contributed by atoms with E-state index in [9.17, 15) is 0 Å². The molecule has 0 saturated heterocycles. The first-order chi connectivity index (χ1) is 9.22. The van der Waals surface area contributed by atoms with E-state index in [2.05, 4.69) is 22.3 Å². The molecule has 19 heavy (non-hydrogen) atoms. The lowest BCUT2D eigenvalue weighted by Crippen LogP contribution is -2.15. The predicted octanol–water partition coefficient (Wildman–Crippen LogP) is 2.37. The summed E-state index contributed by atoms with van der Waals surface area (Å²) >= 11 is 0. The van der Waals surface area contributed by atoms with Crippen molar-refractivity contribution in [3.8, 4) is 0 Å². The molecule has 5 heteroatoms. The molecule has 0 unspecified atom stereocenters. The molecule has 0 saturated carbocycles. The number of nitrogens with one attached hydrogen (secondary N) is 1. The Morgan fingerprint density at radius 3 is 2.84 bits per heavy atom. The zero-order valence-corrected chi connectivity index (χ0v) is 11.8. The summed E-state index contributed by atoms with van der Waals surface area (Å²) in [5.74, 6) is 0.948. The molecule has 0 fully saturated rings. The number of aromatic nitrogens is 3. The minimum Gasteiger partial charge on any atom is -0.376 e. The third kappa shape index (κ3) is 3.24. The van der Waals surface area contributed by atoms with E-state index in [1.165, 1.54) is 5.69 Å². The maximum Gasteiger partial charge on any atom is 0.151 e. The van der Waals surface area contributed by atoms with Crippen LogP contribution in [0.15, 0.2) is 30.6 Å². The van der Waals surface area contributed by atoms with Crippen molar-refractivity contribution < 1.29 is 0 Å². The Morgan fingerprint density at radius 2 is 2.11 bits per heavy atom. The van der Waals surface area contributed by atoms with Crippen molar-refractivity contribution in [2.75, 3.05) is 24.3 Å². The van der Waals surface area contributed by atoms with Gasteiger partial charge in [-0.15, -0.1) is 0 Å². The Hall–Kier alpha value is -2.04. The molecule has 2 heterocycles. The normalized spacial score (nSPS) is 10.5. The number of hydrogen-bond donors (Lipinski definition) is 1. The number of anilines is 2. The van der Waals surface area contributed by atoms with Crippen LogP contribution in [0, 0.1) is 0 Å². The Balaban J connectivity index is 2.08. The summed E-state index contributed by atoms with van der Waals surface area (Å²) in [6.07, 6.45) is 4.75. The molecular formula is C14H21N5. The maximum atomic E-state index is 4.38. The van der Waals surface area contributed by atoms with Crippen LogP contribution in [0.2, 0.25) is 0 Å². The fraction of sp³-hybridized carbons (Fsp3) is 0.429. The monoisotopic (exact) mass is 259 g/mol. The molecular weight excluding hydrogens is 238 g/mol. The third-order valence-electron chi connectivity index (χ3n) is 2.91. The molecule has 1 N–H and O–H groups in total. The standard InChI is InChI=1S/C14H21N5/c1-4-10-19-12(7-9-17-19)11-16-13-6-5-8-15-14(13)18(2)3/h5-9,16H,4,10-11H2,1-3H3. The van der Waals surface area contributed by atoms with Crippen LogP contribution < -0.4 is 10.2 Å². The number of aryl methyl sites for hydroxylation is 1. The van der Waals surface area contributed by atoms with E-state index < -0.39 is 0 Å². The van der Waals surface area contributed by atoms with Crippen LogP contribution in [0.25, 0.3) is 0 Å². The molecule has 0 bridgehead atoms. The number of hydrogen-bond acceptors (Lipinski definition) is 4. The molecule has 102 valence electrons. The lowest BCUT2D eigenvalue weighted by molar-refractivity contribution is 0.578. The maximum absolute atomic E-state index is 4.38. The zero-order valence-electron chi connectivity index (χ0n) is 11.8. The van der Waals surface area contributed by atoms with Crippen LogP contribution in [0.4, 0.5) is 11.5 Å². The number of rotatable bonds is 6. The molecule has 2 aromatic heterocycles. The first-order valence-corrected chi connectivity index (χ1v) is 6.59. The van der Waals surface area contributed by atoms with Gasteiger partial charge in [0.05, 0.1) is 17.9 Å². The molecule has 0 amide bonds. The van der Waals surface area contributed by atoms with Gasteiger partial charge in [-0.25, -0.2) is 4.98 Å². The molecule has 0 aliphatic rings. The van der Waals surface area contributed by atoms with Gasteiger partial charge in [-0.1, -0.05) is 6.92 Å². The van der Waals surface area contributed by atoms with Crippen LogP contribution in [-0.2, 0) is 13.1 Å². The van der Waals surface area contributed by atoms with Gasteiger partial charge in [0.25, 0.3) is 0 Å². The highest BCUT2D eigenvalue weighted by Gasteiger charge is 2.06. The highest BCUT2D eigenvalue weighted by Crippen LogP contribution is 2.20. The summed E-state index contributed by atoms with van der Waals surface area (Å²) in [6, 6.07) is 6.04. The fourth-order valence-corrected chi connectivity index (χ4v) is 2.00. The molecule has 0 spiro atoms. The van der Waals surface area contributed by atoms with Crippen molar-refractivity contribution in [3.05, 3.63) is 36.3 Å². The summed E-state index contributed by atoms with van der Waals surface area (Å²) in [5, 5.41) is 7.76. The lowest BCUT2D eigenvalue weighted by Gasteiger charge is -2.17. The Bertz CT molecular complexity index is 518. The van der Waals surface area contributed by atoms with Crippen LogP contribution >= 0.6 is 0 Å². The van der Waals surface area contributed by atoms with Crippen LogP contribution in [0.1, 0.15) is 19.0 Å². The van der Waals surface area contributed by atoms with Gasteiger partial charge in [0.1, 0.15) is 0 Å². The van der Waals surface area contributed by atoms with Gasteiger partial charge in [-0.2, -0.15) is 5.10 Å². The molecule has 0 aliphatic carbocycles. The summed E-state index contributed by atoms with van der Waals surface area (Å²) in [5.41, 5.74) is 2.23. The van der Waals surface area contributed by atoms with Crippen LogP contribution in [0.5, 0.6) is 0 Å². The summed E-state index contributed by atoms with van der Waals surface area (Å²) in [6.45, 7) is 3.87.